The average Bonchev–Trinajstić information content (AvgIpc) is 2.50. The number of rotatable bonds is 3. The molecule has 2 rings (SSSR count). The highest BCUT2D eigenvalue weighted by molar-refractivity contribution is 6.03. The fourth-order valence-corrected chi connectivity index (χ4v) is 3.27. The minimum Gasteiger partial charge on any atom is -0.466 e. The Hall–Kier alpha value is -2.11. The van der Waals surface area contributed by atoms with Gasteiger partial charge in [0.15, 0.2) is 5.54 Å². The molecule has 2 aliphatic rings. The molecule has 144 valence electrons. The lowest BCUT2D eigenvalue weighted by atomic mass is 9.66. The van der Waals surface area contributed by atoms with Crippen LogP contribution in [0.15, 0.2) is 0 Å². The fourth-order valence-electron chi connectivity index (χ4n) is 3.27. The number of carbonyl (C=O) groups excluding carboxylic acids is 3. The number of amides is 2. The summed E-state index contributed by atoms with van der Waals surface area (Å²) in [6, 6.07) is 0. The molecule has 4 unspecified atom stereocenters. The van der Waals surface area contributed by atoms with Gasteiger partial charge in [-0.3, -0.25) is 9.59 Å². The van der Waals surface area contributed by atoms with Crippen molar-refractivity contribution in [1.82, 2.24) is 4.90 Å². The number of hydrogen-bond donors (Lipinski definition) is 1. The van der Waals surface area contributed by atoms with E-state index in [1.54, 1.807) is 34.6 Å². The van der Waals surface area contributed by atoms with Gasteiger partial charge in [0.2, 0.25) is 5.91 Å². The molecule has 0 aliphatic carbocycles. The number of esters is 1. The van der Waals surface area contributed by atoms with E-state index in [0.29, 0.717) is 0 Å². The first-order chi connectivity index (χ1) is 12.1. The molecule has 0 bridgehead atoms. The summed E-state index contributed by atoms with van der Waals surface area (Å²) >= 11 is 0. The molecule has 4 atom stereocenters. The smallest absolute Gasteiger partial charge is 0.418 e. The second-order valence-electron chi connectivity index (χ2n) is 7.23. The van der Waals surface area contributed by atoms with Crippen molar-refractivity contribution in [3.05, 3.63) is 0 Å². The number of ether oxygens (including phenoxy) is 3. The van der Waals surface area contributed by atoms with E-state index in [1.165, 1.54) is 0 Å². The number of aliphatic hydroxyl groups excluding tert-OH is 1. The standard InChI is InChI=1S/C18H25NO7/c1-6-8-18-11(15(22)19(18)16(23)26-17(3,4)5)10-25-12(14(18)21)9-13(20)24-7-2/h11-12,14,21H,7,9-10H2,1-5H3. The van der Waals surface area contributed by atoms with Crippen LogP contribution in [0, 0.1) is 17.8 Å². The molecule has 1 N–H and O–H groups in total. The summed E-state index contributed by atoms with van der Waals surface area (Å²) in [6.45, 7) is 8.40. The van der Waals surface area contributed by atoms with Crippen LogP contribution in [-0.2, 0) is 23.8 Å². The van der Waals surface area contributed by atoms with Crippen molar-refractivity contribution in [3.63, 3.8) is 0 Å². The zero-order chi connectivity index (χ0) is 19.7. The molecule has 0 aromatic rings. The molecule has 0 aromatic heterocycles. The number of aliphatic hydroxyl groups is 1. The zero-order valence-electron chi connectivity index (χ0n) is 15.7. The van der Waals surface area contributed by atoms with Gasteiger partial charge in [-0.05, 0) is 34.6 Å². The van der Waals surface area contributed by atoms with Gasteiger partial charge >= 0.3 is 12.1 Å². The summed E-state index contributed by atoms with van der Waals surface area (Å²) in [5.41, 5.74) is -2.28. The Labute approximate surface area is 152 Å². The van der Waals surface area contributed by atoms with Crippen LogP contribution in [0.25, 0.3) is 0 Å². The molecule has 0 radical (unpaired) electrons. The second-order valence-corrected chi connectivity index (χ2v) is 7.23. The molecule has 0 aromatic carbocycles. The summed E-state index contributed by atoms with van der Waals surface area (Å²) < 4.78 is 15.7. The number of fused-ring (bicyclic) bond motifs is 1. The van der Waals surface area contributed by atoms with Crippen molar-refractivity contribution in [2.75, 3.05) is 13.2 Å². The van der Waals surface area contributed by atoms with Crippen LogP contribution in [0.1, 0.15) is 41.0 Å². The van der Waals surface area contributed by atoms with Crippen LogP contribution in [0.2, 0.25) is 0 Å². The van der Waals surface area contributed by atoms with E-state index in [9.17, 15) is 19.5 Å². The number of hydrogen-bond acceptors (Lipinski definition) is 7. The minimum absolute atomic E-state index is 0.0477. The molecular formula is C18H25NO7. The van der Waals surface area contributed by atoms with Crippen LogP contribution in [0.5, 0.6) is 0 Å². The summed E-state index contributed by atoms with van der Waals surface area (Å²) in [7, 11) is 0. The third-order valence-corrected chi connectivity index (χ3v) is 4.27. The van der Waals surface area contributed by atoms with Crippen LogP contribution in [0.4, 0.5) is 4.79 Å². The SMILES string of the molecule is CC#CC12C(COC(CC(=O)OCC)C1O)C(=O)N2C(=O)OC(C)(C)C. The Kier molecular flexibility index (Phi) is 5.64. The first-order valence-electron chi connectivity index (χ1n) is 8.54. The van der Waals surface area contributed by atoms with Crippen molar-refractivity contribution in [2.45, 2.75) is 64.4 Å². The molecule has 0 spiro atoms. The van der Waals surface area contributed by atoms with E-state index in [1.807, 2.05) is 0 Å². The Bertz CT molecular complexity index is 657. The predicted molar refractivity (Wildman–Crippen MR) is 89.7 cm³/mol. The maximum Gasteiger partial charge on any atom is 0.418 e. The third-order valence-electron chi connectivity index (χ3n) is 4.27. The number of carbonyl (C=O) groups is 3. The van der Waals surface area contributed by atoms with Gasteiger partial charge in [0.05, 0.1) is 25.7 Å². The molecule has 8 heteroatoms. The average molecular weight is 367 g/mol. The summed E-state index contributed by atoms with van der Waals surface area (Å²) in [5, 5.41) is 10.9. The molecule has 2 amide bonds. The lowest BCUT2D eigenvalue weighted by Gasteiger charge is -2.58. The number of likely N-dealkylation sites (tertiary alicyclic amines) is 1. The number of imide groups is 1. The predicted octanol–water partition coefficient (Wildman–Crippen LogP) is 0.855. The molecule has 26 heavy (non-hydrogen) atoms. The summed E-state index contributed by atoms with van der Waals surface area (Å²) in [5.74, 6) is 3.62. The van der Waals surface area contributed by atoms with E-state index in [-0.39, 0.29) is 19.6 Å². The van der Waals surface area contributed by atoms with Gasteiger partial charge in [-0.1, -0.05) is 5.92 Å². The highest BCUT2D eigenvalue weighted by Gasteiger charge is 2.70. The van der Waals surface area contributed by atoms with Gasteiger partial charge in [0.1, 0.15) is 17.6 Å². The van der Waals surface area contributed by atoms with Crippen molar-refractivity contribution in [1.29, 1.82) is 0 Å². The molecule has 2 heterocycles. The summed E-state index contributed by atoms with van der Waals surface area (Å²) in [6.07, 6.45) is -3.38. The van der Waals surface area contributed by atoms with Crippen molar-refractivity contribution >= 4 is 18.0 Å². The van der Waals surface area contributed by atoms with Gasteiger partial charge in [-0.15, -0.1) is 5.92 Å². The second kappa shape index (κ2) is 7.25. The van der Waals surface area contributed by atoms with Crippen LogP contribution >= 0.6 is 0 Å². The van der Waals surface area contributed by atoms with Crippen LogP contribution < -0.4 is 0 Å². The van der Waals surface area contributed by atoms with E-state index >= 15 is 0 Å². The van der Waals surface area contributed by atoms with Crippen molar-refractivity contribution in [3.8, 4) is 11.8 Å². The molecule has 0 saturated carbocycles. The minimum atomic E-state index is -1.47. The number of nitrogens with zero attached hydrogens (tertiary/aromatic N) is 1. The molecule has 2 aliphatic heterocycles. The monoisotopic (exact) mass is 367 g/mol. The zero-order valence-corrected chi connectivity index (χ0v) is 15.7. The lowest BCUT2D eigenvalue weighted by molar-refractivity contribution is -0.219. The lowest BCUT2D eigenvalue weighted by Crippen LogP contribution is -2.81. The van der Waals surface area contributed by atoms with E-state index in [2.05, 4.69) is 11.8 Å². The van der Waals surface area contributed by atoms with E-state index in [4.69, 9.17) is 14.2 Å². The largest absolute Gasteiger partial charge is 0.466 e. The molecular weight excluding hydrogens is 342 g/mol. The Balaban J connectivity index is 2.32. The highest BCUT2D eigenvalue weighted by Crippen LogP contribution is 2.46. The van der Waals surface area contributed by atoms with Gasteiger partial charge in [0, 0.05) is 0 Å². The molecule has 8 nitrogen and oxygen atoms in total. The van der Waals surface area contributed by atoms with Crippen LogP contribution in [-0.4, -0.2) is 64.5 Å². The quantitative estimate of drug-likeness (QED) is 0.448. The van der Waals surface area contributed by atoms with Crippen LogP contribution in [0.3, 0.4) is 0 Å². The first kappa shape index (κ1) is 20.2. The van der Waals surface area contributed by atoms with Gasteiger partial charge in [0.25, 0.3) is 0 Å². The van der Waals surface area contributed by atoms with Gasteiger partial charge in [-0.25, -0.2) is 9.69 Å². The van der Waals surface area contributed by atoms with Crippen molar-refractivity contribution < 1.29 is 33.7 Å². The van der Waals surface area contributed by atoms with E-state index in [0.717, 1.165) is 4.90 Å². The Morgan fingerprint density at radius 3 is 2.62 bits per heavy atom. The maximum atomic E-state index is 12.5. The first-order valence-corrected chi connectivity index (χ1v) is 8.54. The van der Waals surface area contributed by atoms with Gasteiger partial charge in [-0.2, -0.15) is 0 Å². The molecule has 2 saturated heterocycles. The molecule has 2 fully saturated rings. The van der Waals surface area contributed by atoms with E-state index < -0.39 is 47.2 Å². The number of β-lactam (4-membered cyclic amide) rings is 1. The van der Waals surface area contributed by atoms with Gasteiger partial charge < -0.3 is 19.3 Å². The highest BCUT2D eigenvalue weighted by atomic mass is 16.6. The fraction of sp³-hybridized carbons (Fsp3) is 0.722. The maximum absolute atomic E-state index is 12.5. The summed E-state index contributed by atoms with van der Waals surface area (Å²) in [4.78, 5) is 37.6. The van der Waals surface area contributed by atoms with Crippen molar-refractivity contribution in [2.24, 2.45) is 5.92 Å². The Morgan fingerprint density at radius 2 is 2.08 bits per heavy atom. The topological polar surface area (TPSA) is 102 Å². The normalized spacial score (nSPS) is 30.5. The third kappa shape index (κ3) is 3.41. The Morgan fingerprint density at radius 1 is 1.42 bits per heavy atom.